The van der Waals surface area contributed by atoms with Crippen molar-refractivity contribution in [3.63, 3.8) is 0 Å². The van der Waals surface area contributed by atoms with E-state index in [0.29, 0.717) is 0 Å². The highest BCUT2D eigenvalue weighted by Crippen LogP contribution is 2.58. The maximum Gasteiger partial charge on any atom is 0.334 e. The van der Waals surface area contributed by atoms with Gasteiger partial charge in [0.15, 0.2) is 46.7 Å². The van der Waals surface area contributed by atoms with Crippen molar-refractivity contribution < 1.29 is 110 Å². The first-order valence-electron chi connectivity index (χ1n) is 19.8. The van der Waals surface area contributed by atoms with Crippen molar-refractivity contribution in [1.29, 1.82) is 0 Å². The molecule has 5 unspecified atom stereocenters. The molecule has 4 aromatic carbocycles. The summed E-state index contributed by atoms with van der Waals surface area (Å²) in [6.07, 6.45) is -12.3. The molecule has 4 aromatic rings. The minimum absolute atomic E-state index is 0.0554. The van der Waals surface area contributed by atoms with Crippen molar-refractivity contribution in [2.75, 3.05) is 0 Å². The summed E-state index contributed by atoms with van der Waals surface area (Å²) >= 11 is 0. The molecule has 0 spiro atoms. The molecule has 66 heavy (non-hydrogen) atoms. The molecule has 16 N–H and O–H groups in total. The van der Waals surface area contributed by atoms with Crippen molar-refractivity contribution in [1.82, 2.24) is 0 Å². The van der Waals surface area contributed by atoms with Gasteiger partial charge in [0.05, 0.1) is 12.0 Å². The lowest BCUT2D eigenvalue weighted by atomic mass is 9.83. The largest absolute Gasteiger partial charge is 0.508 e. The first-order valence-corrected chi connectivity index (χ1v) is 19.8. The lowest BCUT2D eigenvalue weighted by Gasteiger charge is -2.37. The van der Waals surface area contributed by atoms with Crippen molar-refractivity contribution >= 4 is 11.9 Å². The molecule has 22 heteroatoms. The topological polar surface area (TPSA) is 395 Å². The Kier molecular flexibility index (Phi) is 11.1. The van der Waals surface area contributed by atoms with Crippen LogP contribution in [-0.2, 0) is 31.9 Å². The molecular formula is C44H40O22. The van der Waals surface area contributed by atoms with Gasteiger partial charge in [-0.3, -0.25) is 4.79 Å². The minimum atomic E-state index is -1.83. The minimum Gasteiger partial charge on any atom is -0.508 e. The van der Waals surface area contributed by atoms with Gasteiger partial charge in [0.25, 0.3) is 0 Å². The van der Waals surface area contributed by atoms with Gasteiger partial charge in [-0.2, -0.15) is 0 Å². The third kappa shape index (κ3) is 7.71. The number of aliphatic hydroxyl groups is 6. The van der Waals surface area contributed by atoms with Crippen molar-refractivity contribution in [2.24, 2.45) is 5.92 Å². The van der Waals surface area contributed by atoms with Crippen LogP contribution in [0.1, 0.15) is 47.3 Å². The molecule has 348 valence electrons. The van der Waals surface area contributed by atoms with E-state index >= 15 is 0 Å². The van der Waals surface area contributed by atoms with Gasteiger partial charge in [-0.05, 0) is 24.3 Å². The molecule has 4 aliphatic rings. The molecule has 0 saturated heterocycles. The van der Waals surface area contributed by atoms with E-state index in [-0.39, 0.29) is 28.2 Å². The number of phenolic OH excluding ortho intramolecular Hbond substituents is 10. The Labute approximate surface area is 369 Å². The molecule has 0 aromatic heterocycles. The normalized spacial score (nSPS) is 24.7. The molecular weight excluding hydrogens is 880 g/mol. The van der Waals surface area contributed by atoms with Crippen LogP contribution in [0.25, 0.3) is 11.1 Å². The zero-order valence-electron chi connectivity index (χ0n) is 33.7. The first-order chi connectivity index (χ1) is 31.1. The number of fused-ring (bicyclic) bond motifs is 2. The lowest BCUT2D eigenvalue weighted by molar-refractivity contribution is -0.159. The Morgan fingerprint density at radius 1 is 0.545 bits per heavy atom. The highest BCUT2D eigenvalue weighted by Gasteiger charge is 2.45. The Morgan fingerprint density at radius 3 is 1.50 bits per heavy atom. The number of aromatic hydroxyl groups is 10. The molecule has 2 aliphatic carbocycles. The average Bonchev–Trinajstić information content (AvgIpc) is 3.25. The second kappa shape index (κ2) is 16.5. The van der Waals surface area contributed by atoms with Crippen LogP contribution in [0, 0.1) is 5.92 Å². The summed E-state index contributed by atoms with van der Waals surface area (Å²) in [4.78, 5) is 27.5. The molecule has 22 nitrogen and oxygen atoms in total. The summed E-state index contributed by atoms with van der Waals surface area (Å²) < 4.78 is 24.0. The summed E-state index contributed by atoms with van der Waals surface area (Å²) in [5.74, 6) is -16.2. The van der Waals surface area contributed by atoms with Crippen LogP contribution < -0.4 is 9.47 Å². The quantitative estimate of drug-likeness (QED) is 0.0935. The van der Waals surface area contributed by atoms with Gasteiger partial charge < -0.3 is 101 Å². The van der Waals surface area contributed by atoms with Crippen LogP contribution in [0.3, 0.4) is 0 Å². The van der Waals surface area contributed by atoms with Gasteiger partial charge in [0, 0.05) is 88.9 Å². The SMILES string of the molecule is O=C(O[C@@H]1Cc2c(O)cc(O)cc2O[C@@H]1c1cc(O)c(O)c(O)c1-c1c([C@H]2Oc3cc(O)cc(O)c3CC2OC(=O)C2C=C(O)C(O)=C(O)C2)cc(O)c(O)c1O)C1=CC(O)C(O)C(O)C1. The molecule has 2 heterocycles. The Morgan fingerprint density at radius 2 is 1.03 bits per heavy atom. The van der Waals surface area contributed by atoms with E-state index in [1.165, 1.54) is 0 Å². The van der Waals surface area contributed by atoms with Crippen LogP contribution in [0.15, 0.2) is 71.4 Å². The Hall–Kier alpha value is -8.08. The van der Waals surface area contributed by atoms with Crippen LogP contribution >= 0.6 is 0 Å². The van der Waals surface area contributed by atoms with E-state index in [0.717, 1.165) is 48.6 Å². The van der Waals surface area contributed by atoms with Gasteiger partial charge in [0.1, 0.15) is 64.7 Å². The average molecular weight is 921 g/mol. The van der Waals surface area contributed by atoms with E-state index < -0.39 is 183 Å². The second-order valence-electron chi connectivity index (χ2n) is 16.0. The number of allylic oxidation sites excluding steroid dienone is 1. The standard InChI is InChI=1S/C44H40O22/c45-15-5-21(47)17-11-31(65-43(61)13-1-23(49)35(55)24(50)2-13)41(63-29(17)7-15)19-9-27(53)37(57)39(59)33(19)34-20(10-28(54)38(58)40(34)60)42-32(12-18-22(48)6-16(46)8-30(18)64-42)66-44(62)14-3-25(51)36(56)26(52)4-14/h1,3,5-10,13,25-26,31-32,36,41-42,45-60H,2,4,11-12H2/t13?,25?,26?,31?,32-,36?,41-,42-/m1/s1. The highest BCUT2D eigenvalue weighted by atomic mass is 16.6. The maximum absolute atomic E-state index is 13.7. The third-order valence-corrected chi connectivity index (χ3v) is 11.7. The fourth-order valence-corrected chi connectivity index (χ4v) is 8.41. The molecule has 2 aliphatic heterocycles. The summed E-state index contributed by atoms with van der Waals surface area (Å²) in [5.41, 5.74) is -2.98. The highest BCUT2D eigenvalue weighted by molar-refractivity contribution is 5.90. The van der Waals surface area contributed by atoms with Crippen LogP contribution in [0.2, 0.25) is 0 Å². The van der Waals surface area contributed by atoms with Crippen molar-refractivity contribution in [3.8, 4) is 80.1 Å². The van der Waals surface area contributed by atoms with Gasteiger partial charge >= 0.3 is 11.9 Å². The second-order valence-corrected chi connectivity index (χ2v) is 16.0. The number of hydrogen-bond acceptors (Lipinski definition) is 22. The molecule has 0 saturated carbocycles. The zero-order valence-corrected chi connectivity index (χ0v) is 33.7. The van der Waals surface area contributed by atoms with E-state index in [1.807, 2.05) is 0 Å². The van der Waals surface area contributed by atoms with E-state index in [2.05, 4.69) is 0 Å². The lowest BCUT2D eigenvalue weighted by Crippen LogP contribution is -2.42. The predicted molar refractivity (Wildman–Crippen MR) is 217 cm³/mol. The fraction of sp³-hybridized carbons (Fsp3) is 0.273. The zero-order chi connectivity index (χ0) is 47.8. The molecule has 0 fully saturated rings. The number of hydrogen-bond donors (Lipinski definition) is 16. The molecule has 0 bridgehead atoms. The van der Waals surface area contributed by atoms with Crippen molar-refractivity contribution in [3.05, 3.63) is 93.7 Å². The van der Waals surface area contributed by atoms with Crippen LogP contribution in [-0.4, -0.2) is 124 Å². The predicted octanol–water partition coefficient (Wildman–Crippen LogP) is 2.79. The molecule has 0 radical (unpaired) electrons. The van der Waals surface area contributed by atoms with Crippen LogP contribution in [0.4, 0.5) is 0 Å². The molecule has 0 amide bonds. The summed E-state index contributed by atoms with van der Waals surface area (Å²) in [6.45, 7) is 0. The third-order valence-electron chi connectivity index (χ3n) is 11.7. The number of esters is 2. The number of phenols is 10. The van der Waals surface area contributed by atoms with Gasteiger partial charge in [-0.25, -0.2) is 4.79 Å². The maximum atomic E-state index is 13.7. The van der Waals surface area contributed by atoms with Gasteiger partial charge in [-0.1, -0.05) is 0 Å². The Balaban J connectivity index is 1.31. The van der Waals surface area contributed by atoms with E-state index in [4.69, 9.17) is 18.9 Å². The fourth-order valence-electron chi connectivity index (χ4n) is 8.41. The van der Waals surface area contributed by atoms with E-state index in [1.54, 1.807) is 0 Å². The number of benzene rings is 4. The van der Waals surface area contributed by atoms with Gasteiger partial charge in [-0.15, -0.1) is 0 Å². The number of ether oxygens (including phenoxy) is 4. The number of carbonyl (C=O) groups is 2. The van der Waals surface area contributed by atoms with Gasteiger partial charge in [0.2, 0.25) is 11.5 Å². The van der Waals surface area contributed by atoms with E-state index in [9.17, 15) is 91.3 Å². The summed E-state index contributed by atoms with van der Waals surface area (Å²) in [6, 6.07) is 5.52. The van der Waals surface area contributed by atoms with Crippen LogP contribution in [0.5, 0.6) is 69.0 Å². The van der Waals surface area contributed by atoms with Crippen molar-refractivity contribution in [2.45, 2.75) is 68.4 Å². The summed E-state index contributed by atoms with van der Waals surface area (Å²) in [7, 11) is 0. The number of aliphatic hydroxyl groups excluding tert-OH is 6. The number of carbonyl (C=O) groups excluding carboxylic acids is 2. The Bertz CT molecular complexity index is 2790. The molecule has 8 rings (SSSR count). The molecule has 8 atom stereocenters. The first kappa shape index (κ1) is 44.5. The summed E-state index contributed by atoms with van der Waals surface area (Å²) in [5, 5.41) is 171. The number of rotatable bonds is 7. The monoisotopic (exact) mass is 920 g/mol. The smallest absolute Gasteiger partial charge is 0.334 e.